The van der Waals surface area contributed by atoms with E-state index in [0.717, 1.165) is 11.1 Å². The quantitative estimate of drug-likeness (QED) is 0.374. The second-order valence-corrected chi connectivity index (χ2v) is 6.18. The molecular formula is C22H17ClN2O2. The summed E-state index contributed by atoms with van der Waals surface area (Å²) in [4.78, 5) is 24.1. The predicted molar refractivity (Wildman–Crippen MR) is 107 cm³/mol. The van der Waals surface area contributed by atoms with Gasteiger partial charge in [0.15, 0.2) is 5.78 Å². The van der Waals surface area contributed by atoms with Crippen molar-refractivity contribution in [2.45, 2.75) is 0 Å². The fraction of sp³-hybridized carbons (Fsp3) is 0. The highest BCUT2D eigenvalue weighted by Gasteiger charge is 2.04. The van der Waals surface area contributed by atoms with Crippen molar-refractivity contribution in [3.63, 3.8) is 0 Å². The van der Waals surface area contributed by atoms with E-state index in [2.05, 4.69) is 10.9 Å². The second kappa shape index (κ2) is 8.83. The summed E-state index contributed by atoms with van der Waals surface area (Å²) in [5.41, 5.74) is 8.26. The van der Waals surface area contributed by atoms with Crippen LogP contribution in [0.4, 0.5) is 0 Å². The number of halogens is 1. The molecule has 0 aliphatic heterocycles. The van der Waals surface area contributed by atoms with Crippen LogP contribution in [0.2, 0.25) is 5.02 Å². The predicted octanol–water partition coefficient (Wildman–Crippen LogP) is 4.64. The van der Waals surface area contributed by atoms with E-state index < -0.39 is 0 Å². The molecular weight excluding hydrogens is 360 g/mol. The first-order chi connectivity index (χ1) is 13.1. The van der Waals surface area contributed by atoms with E-state index in [-0.39, 0.29) is 11.7 Å². The van der Waals surface area contributed by atoms with Crippen molar-refractivity contribution < 1.29 is 9.59 Å². The Morgan fingerprint density at radius 1 is 0.741 bits per heavy atom. The van der Waals surface area contributed by atoms with Crippen molar-refractivity contribution in [1.29, 1.82) is 0 Å². The maximum atomic E-state index is 12.2. The lowest BCUT2D eigenvalue weighted by Crippen LogP contribution is -2.33. The van der Waals surface area contributed by atoms with E-state index in [1.165, 1.54) is 12.3 Å². The molecule has 2 N–H and O–H groups in total. The molecule has 0 heterocycles. The molecule has 0 fully saturated rings. The molecule has 0 aliphatic rings. The van der Waals surface area contributed by atoms with Crippen LogP contribution in [0.5, 0.6) is 0 Å². The molecule has 4 nitrogen and oxygen atoms in total. The minimum atomic E-state index is -0.323. The van der Waals surface area contributed by atoms with Gasteiger partial charge in [-0.15, -0.1) is 0 Å². The fourth-order valence-electron chi connectivity index (χ4n) is 2.45. The Morgan fingerprint density at radius 3 is 2.00 bits per heavy atom. The lowest BCUT2D eigenvalue weighted by atomic mass is 10.0. The normalized spacial score (nSPS) is 10.6. The summed E-state index contributed by atoms with van der Waals surface area (Å²) in [7, 11) is 0. The summed E-state index contributed by atoms with van der Waals surface area (Å²) >= 11 is 5.78. The van der Waals surface area contributed by atoms with Gasteiger partial charge in [-0.25, -0.2) is 0 Å². The number of carbonyl (C=O) groups is 2. The van der Waals surface area contributed by atoms with Gasteiger partial charge in [-0.3, -0.25) is 15.0 Å². The van der Waals surface area contributed by atoms with Gasteiger partial charge in [0.05, 0.1) is 0 Å². The molecule has 0 spiro atoms. The first kappa shape index (κ1) is 18.4. The maximum Gasteiger partial charge on any atom is 0.269 e. The van der Waals surface area contributed by atoms with Crippen molar-refractivity contribution >= 4 is 23.3 Å². The number of benzene rings is 3. The van der Waals surface area contributed by atoms with Crippen molar-refractivity contribution in [2.24, 2.45) is 0 Å². The van der Waals surface area contributed by atoms with Crippen LogP contribution in [-0.2, 0) is 0 Å². The van der Waals surface area contributed by atoms with Crippen molar-refractivity contribution in [1.82, 2.24) is 10.9 Å². The van der Waals surface area contributed by atoms with Crippen LogP contribution in [0.3, 0.4) is 0 Å². The molecule has 5 heteroatoms. The first-order valence-electron chi connectivity index (χ1n) is 8.31. The van der Waals surface area contributed by atoms with Gasteiger partial charge < -0.3 is 5.43 Å². The topological polar surface area (TPSA) is 58.2 Å². The Labute approximate surface area is 162 Å². The average Bonchev–Trinajstić information content (AvgIpc) is 2.72. The summed E-state index contributed by atoms with van der Waals surface area (Å²) in [5, 5.41) is 0.559. The molecule has 27 heavy (non-hydrogen) atoms. The highest BCUT2D eigenvalue weighted by Crippen LogP contribution is 2.19. The Kier molecular flexibility index (Phi) is 6.02. The molecule has 3 aromatic rings. The number of hydrazine groups is 1. The molecule has 1 amide bonds. The summed E-state index contributed by atoms with van der Waals surface area (Å²) in [6, 6.07) is 23.8. The van der Waals surface area contributed by atoms with Crippen LogP contribution >= 0.6 is 11.6 Å². The van der Waals surface area contributed by atoms with E-state index >= 15 is 0 Å². The van der Waals surface area contributed by atoms with E-state index in [4.69, 9.17) is 11.6 Å². The number of ketones is 1. The van der Waals surface area contributed by atoms with Crippen LogP contribution in [0.25, 0.3) is 11.1 Å². The lowest BCUT2D eigenvalue weighted by molar-refractivity contribution is 0.0939. The minimum Gasteiger partial charge on any atom is -0.305 e. The highest BCUT2D eigenvalue weighted by atomic mass is 35.5. The zero-order valence-corrected chi connectivity index (χ0v) is 15.1. The zero-order valence-electron chi connectivity index (χ0n) is 14.4. The SMILES string of the molecule is O=C(/C=C/NNC(=O)c1ccc(Cl)cc1)c1ccc(-c2ccccc2)cc1. The van der Waals surface area contributed by atoms with Crippen LogP contribution in [0.15, 0.2) is 91.1 Å². The highest BCUT2D eigenvalue weighted by molar-refractivity contribution is 6.30. The van der Waals surface area contributed by atoms with Gasteiger partial charge in [0.1, 0.15) is 0 Å². The van der Waals surface area contributed by atoms with Gasteiger partial charge in [0.2, 0.25) is 0 Å². The molecule has 3 rings (SSSR count). The third kappa shape index (κ3) is 5.06. The fourth-order valence-corrected chi connectivity index (χ4v) is 2.58. The Balaban J connectivity index is 1.54. The Morgan fingerprint density at radius 2 is 1.33 bits per heavy atom. The summed E-state index contributed by atoms with van der Waals surface area (Å²) in [6.45, 7) is 0. The largest absolute Gasteiger partial charge is 0.305 e. The molecule has 0 saturated heterocycles. The number of hydrogen-bond donors (Lipinski definition) is 2. The number of carbonyl (C=O) groups excluding carboxylic acids is 2. The summed E-state index contributed by atoms with van der Waals surface area (Å²) in [5.74, 6) is -0.487. The minimum absolute atomic E-state index is 0.164. The number of hydrogen-bond acceptors (Lipinski definition) is 3. The van der Waals surface area contributed by atoms with Crippen LogP contribution in [0.1, 0.15) is 20.7 Å². The molecule has 0 bridgehead atoms. The summed E-state index contributed by atoms with van der Waals surface area (Å²) in [6.07, 6.45) is 2.75. The number of nitrogens with one attached hydrogen (secondary N) is 2. The van der Waals surface area contributed by atoms with E-state index in [0.29, 0.717) is 16.1 Å². The molecule has 0 atom stereocenters. The van der Waals surface area contributed by atoms with Gasteiger partial charge in [-0.05, 0) is 35.4 Å². The average molecular weight is 377 g/mol. The number of allylic oxidation sites excluding steroid dienone is 1. The second-order valence-electron chi connectivity index (χ2n) is 5.75. The smallest absolute Gasteiger partial charge is 0.269 e. The zero-order chi connectivity index (χ0) is 19.1. The van der Waals surface area contributed by atoms with Gasteiger partial charge in [0, 0.05) is 28.4 Å². The van der Waals surface area contributed by atoms with Crippen LogP contribution < -0.4 is 10.9 Å². The number of rotatable bonds is 6. The molecule has 0 radical (unpaired) electrons. The molecule has 0 unspecified atom stereocenters. The van der Waals surface area contributed by atoms with Crippen molar-refractivity contribution in [3.8, 4) is 11.1 Å². The van der Waals surface area contributed by atoms with E-state index in [1.54, 1.807) is 36.4 Å². The monoisotopic (exact) mass is 376 g/mol. The molecule has 134 valence electrons. The maximum absolute atomic E-state index is 12.2. The Hall–Kier alpha value is -3.37. The standard InChI is InChI=1S/C22H17ClN2O2/c23-20-12-10-19(11-13-20)22(27)25-24-15-14-21(26)18-8-6-17(7-9-18)16-4-2-1-3-5-16/h1-15,24H,(H,25,27)/b15-14+. The third-order valence-corrected chi connectivity index (χ3v) is 4.14. The summed E-state index contributed by atoms with van der Waals surface area (Å²) < 4.78 is 0. The molecule has 0 aliphatic carbocycles. The molecule has 0 aromatic heterocycles. The van der Waals surface area contributed by atoms with Gasteiger partial charge in [-0.1, -0.05) is 66.2 Å². The van der Waals surface area contributed by atoms with Crippen LogP contribution in [0, 0.1) is 0 Å². The van der Waals surface area contributed by atoms with Crippen molar-refractivity contribution in [3.05, 3.63) is 107 Å². The van der Waals surface area contributed by atoms with Gasteiger partial charge in [0.25, 0.3) is 5.91 Å². The van der Waals surface area contributed by atoms with E-state index in [1.807, 2.05) is 42.5 Å². The molecule has 0 saturated carbocycles. The first-order valence-corrected chi connectivity index (χ1v) is 8.69. The molecule has 3 aromatic carbocycles. The Bertz CT molecular complexity index is 950. The van der Waals surface area contributed by atoms with Gasteiger partial charge in [-0.2, -0.15) is 0 Å². The van der Waals surface area contributed by atoms with E-state index in [9.17, 15) is 9.59 Å². The number of amides is 1. The third-order valence-electron chi connectivity index (χ3n) is 3.89. The van der Waals surface area contributed by atoms with Crippen molar-refractivity contribution in [2.75, 3.05) is 0 Å². The van der Waals surface area contributed by atoms with Gasteiger partial charge >= 0.3 is 0 Å². The van der Waals surface area contributed by atoms with Crippen LogP contribution in [-0.4, -0.2) is 11.7 Å². The lowest BCUT2D eigenvalue weighted by Gasteiger charge is -2.04.